The van der Waals surface area contributed by atoms with Crippen LogP contribution in [0.25, 0.3) is 16.7 Å². The van der Waals surface area contributed by atoms with Gasteiger partial charge in [0.1, 0.15) is 5.82 Å². The van der Waals surface area contributed by atoms with Crippen molar-refractivity contribution >= 4 is 16.7 Å². The van der Waals surface area contributed by atoms with Crippen LogP contribution in [0.3, 0.4) is 0 Å². The van der Waals surface area contributed by atoms with E-state index in [-0.39, 0.29) is 6.61 Å². The van der Waals surface area contributed by atoms with Gasteiger partial charge in [0.15, 0.2) is 5.65 Å². The molecule has 0 saturated heterocycles. The Balaban J connectivity index is 1.95. The molecule has 0 radical (unpaired) electrons. The Kier molecular flexibility index (Phi) is 3.35. The number of fused-ring (bicyclic) bond motifs is 3. The number of rotatable bonds is 4. The molecular formula is C18H18N4O. The minimum absolute atomic E-state index is 0.134. The lowest BCUT2D eigenvalue weighted by atomic mass is 10.2. The molecule has 0 fully saturated rings. The molecule has 23 heavy (non-hydrogen) atoms. The highest BCUT2D eigenvalue weighted by molar-refractivity contribution is 5.81. The van der Waals surface area contributed by atoms with E-state index in [1.54, 1.807) is 0 Å². The summed E-state index contributed by atoms with van der Waals surface area (Å²) in [6, 6.07) is 16.6. The second-order valence-electron chi connectivity index (χ2n) is 5.73. The predicted molar refractivity (Wildman–Crippen MR) is 89.6 cm³/mol. The highest BCUT2D eigenvalue weighted by Gasteiger charge is 2.13. The van der Waals surface area contributed by atoms with Crippen LogP contribution < -0.4 is 0 Å². The fourth-order valence-electron chi connectivity index (χ4n) is 3.17. The van der Waals surface area contributed by atoms with E-state index in [0.717, 1.165) is 34.7 Å². The molecule has 3 aromatic heterocycles. The molecule has 0 atom stereocenters. The normalized spacial score (nSPS) is 11.6. The second kappa shape index (κ2) is 5.52. The number of benzene rings is 1. The van der Waals surface area contributed by atoms with Crippen molar-refractivity contribution in [2.24, 2.45) is 0 Å². The SMILES string of the molecule is Cc1nnc2ccc3c(cc(CCO)n3Cc3ccccc3)n12. The maximum Gasteiger partial charge on any atom is 0.161 e. The van der Waals surface area contributed by atoms with Crippen molar-refractivity contribution in [2.45, 2.75) is 19.9 Å². The first-order valence-corrected chi connectivity index (χ1v) is 7.75. The number of pyridine rings is 1. The molecule has 1 N–H and O–H groups in total. The molecule has 5 nitrogen and oxygen atoms in total. The average Bonchev–Trinajstić information content (AvgIpc) is 3.10. The van der Waals surface area contributed by atoms with E-state index in [4.69, 9.17) is 0 Å². The first kappa shape index (κ1) is 14.0. The highest BCUT2D eigenvalue weighted by atomic mass is 16.3. The molecule has 0 spiro atoms. The Bertz CT molecular complexity index is 969. The van der Waals surface area contributed by atoms with Crippen molar-refractivity contribution in [1.29, 1.82) is 0 Å². The van der Waals surface area contributed by atoms with Gasteiger partial charge in [0.2, 0.25) is 0 Å². The van der Waals surface area contributed by atoms with Gasteiger partial charge in [-0.3, -0.25) is 4.40 Å². The van der Waals surface area contributed by atoms with Crippen molar-refractivity contribution in [3.63, 3.8) is 0 Å². The maximum atomic E-state index is 9.42. The zero-order valence-electron chi connectivity index (χ0n) is 13.0. The molecule has 3 heterocycles. The van der Waals surface area contributed by atoms with Crippen molar-refractivity contribution in [3.05, 3.63) is 65.6 Å². The molecule has 4 rings (SSSR count). The van der Waals surface area contributed by atoms with Crippen molar-refractivity contribution < 1.29 is 5.11 Å². The zero-order valence-corrected chi connectivity index (χ0v) is 13.0. The van der Waals surface area contributed by atoms with E-state index < -0.39 is 0 Å². The van der Waals surface area contributed by atoms with Gasteiger partial charge < -0.3 is 9.67 Å². The van der Waals surface area contributed by atoms with Gasteiger partial charge in [-0.05, 0) is 30.7 Å². The number of aryl methyl sites for hydroxylation is 1. The molecule has 4 aromatic rings. The highest BCUT2D eigenvalue weighted by Crippen LogP contribution is 2.24. The molecule has 0 aliphatic carbocycles. The molecule has 0 bridgehead atoms. The summed E-state index contributed by atoms with van der Waals surface area (Å²) in [6.45, 7) is 2.88. The number of aliphatic hydroxyl groups excluding tert-OH is 1. The molecular weight excluding hydrogens is 288 g/mol. The van der Waals surface area contributed by atoms with E-state index in [0.29, 0.717) is 6.42 Å². The number of aromatic nitrogens is 4. The summed E-state index contributed by atoms with van der Waals surface area (Å²) >= 11 is 0. The first-order valence-electron chi connectivity index (χ1n) is 7.75. The number of hydrogen-bond acceptors (Lipinski definition) is 3. The molecule has 1 aromatic carbocycles. The smallest absolute Gasteiger partial charge is 0.161 e. The molecule has 0 saturated carbocycles. The van der Waals surface area contributed by atoms with Gasteiger partial charge in [0, 0.05) is 25.3 Å². The lowest BCUT2D eigenvalue weighted by molar-refractivity contribution is 0.297. The van der Waals surface area contributed by atoms with Gasteiger partial charge in [-0.25, -0.2) is 0 Å². The van der Waals surface area contributed by atoms with E-state index in [1.165, 1.54) is 5.56 Å². The van der Waals surface area contributed by atoms with Crippen LogP contribution in [0, 0.1) is 6.92 Å². The minimum Gasteiger partial charge on any atom is -0.396 e. The Hall–Kier alpha value is -2.66. The Morgan fingerprint density at radius 2 is 1.83 bits per heavy atom. The minimum atomic E-state index is 0.134. The quantitative estimate of drug-likeness (QED) is 0.630. The third-order valence-electron chi connectivity index (χ3n) is 4.24. The van der Waals surface area contributed by atoms with Crippen LogP contribution >= 0.6 is 0 Å². The summed E-state index contributed by atoms with van der Waals surface area (Å²) in [5.41, 5.74) is 5.43. The Morgan fingerprint density at radius 3 is 2.61 bits per heavy atom. The largest absolute Gasteiger partial charge is 0.396 e. The van der Waals surface area contributed by atoms with Gasteiger partial charge in [-0.15, -0.1) is 10.2 Å². The zero-order chi connectivity index (χ0) is 15.8. The van der Waals surface area contributed by atoms with Gasteiger partial charge in [0.25, 0.3) is 0 Å². The summed E-state index contributed by atoms with van der Waals surface area (Å²) in [4.78, 5) is 0. The standard InChI is InChI=1S/C18H18N4O/c1-13-19-20-18-8-7-16-17(22(13)18)11-15(9-10-23)21(16)12-14-5-3-2-4-6-14/h2-8,11,23H,9-10,12H2,1H3. The lowest BCUT2D eigenvalue weighted by Crippen LogP contribution is -2.06. The molecule has 0 unspecified atom stereocenters. The monoisotopic (exact) mass is 306 g/mol. The van der Waals surface area contributed by atoms with Crippen LogP contribution in [0.4, 0.5) is 0 Å². The molecule has 0 aliphatic heterocycles. The van der Waals surface area contributed by atoms with E-state index in [2.05, 4.69) is 55.6 Å². The van der Waals surface area contributed by atoms with Crippen molar-refractivity contribution in [1.82, 2.24) is 19.2 Å². The first-order chi connectivity index (χ1) is 11.3. The number of aliphatic hydroxyl groups is 1. The summed E-state index contributed by atoms with van der Waals surface area (Å²) in [5, 5.41) is 17.8. The van der Waals surface area contributed by atoms with Gasteiger partial charge >= 0.3 is 0 Å². The van der Waals surface area contributed by atoms with E-state index >= 15 is 0 Å². The van der Waals surface area contributed by atoms with Gasteiger partial charge in [-0.1, -0.05) is 30.3 Å². The second-order valence-corrected chi connectivity index (χ2v) is 5.73. The fourth-order valence-corrected chi connectivity index (χ4v) is 3.17. The Labute approximate surface area is 133 Å². The van der Waals surface area contributed by atoms with Crippen LogP contribution in [0.5, 0.6) is 0 Å². The lowest BCUT2D eigenvalue weighted by Gasteiger charge is -2.10. The van der Waals surface area contributed by atoms with Crippen LogP contribution in [0.15, 0.2) is 48.5 Å². The van der Waals surface area contributed by atoms with Crippen LogP contribution in [0.2, 0.25) is 0 Å². The third-order valence-corrected chi connectivity index (χ3v) is 4.24. The molecule has 0 amide bonds. The van der Waals surface area contributed by atoms with E-state index in [1.807, 2.05) is 19.1 Å². The van der Waals surface area contributed by atoms with Crippen molar-refractivity contribution in [3.8, 4) is 0 Å². The van der Waals surface area contributed by atoms with Gasteiger partial charge in [0.05, 0.1) is 11.0 Å². The summed E-state index contributed by atoms with van der Waals surface area (Å²) < 4.78 is 4.33. The number of hydrogen-bond donors (Lipinski definition) is 1. The topological polar surface area (TPSA) is 55.4 Å². The summed E-state index contributed by atoms with van der Waals surface area (Å²) in [6.07, 6.45) is 0.629. The fraction of sp³-hybridized carbons (Fsp3) is 0.222. The molecule has 116 valence electrons. The summed E-state index contributed by atoms with van der Waals surface area (Å²) in [7, 11) is 0. The van der Waals surface area contributed by atoms with Crippen molar-refractivity contribution in [2.75, 3.05) is 6.61 Å². The maximum absolute atomic E-state index is 9.42. The number of nitrogens with zero attached hydrogens (tertiary/aromatic N) is 4. The van der Waals surface area contributed by atoms with Gasteiger partial charge in [-0.2, -0.15) is 0 Å². The predicted octanol–water partition coefficient (Wildman–Crippen LogP) is 2.58. The van der Waals surface area contributed by atoms with Crippen LogP contribution in [-0.2, 0) is 13.0 Å². The molecule has 0 aliphatic rings. The summed E-state index contributed by atoms with van der Waals surface area (Å²) in [5.74, 6) is 0.873. The third kappa shape index (κ3) is 2.29. The molecule has 5 heteroatoms. The average molecular weight is 306 g/mol. The van der Waals surface area contributed by atoms with Crippen LogP contribution in [0.1, 0.15) is 17.1 Å². The van der Waals surface area contributed by atoms with E-state index in [9.17, 15) is 5.11 Å². The Morgan fingerprint density at radius 1 is 1.00 bits per heavy atom. The van der Waals surface area contributed by atoms with Crippen LogP contribution in [-0.4, -0.2) is 30.9 Å².